The number of benzene rings is 3. The summed E-state index contributed by atoms with van der Waals surface area (Å²) in [7, 11) is 0. The minimum Gasteiger partial charge on any atom is -0.339 e. The Hall–Kier alpha value is -5.08. The fourth-order valence-electron chi connectivity index (χ4n) is 8.91. The third kappa shape index (κ3) is 3.83. The number of rotatable bonds is 3. The van der Waals surface area contributed by atoms with Gasteiger partial charge in [0.05, 0.1) is 17.1 Å². The fraction of sp³-hybridized carbons (Fsp3) is 0.182. The van der Waals surface area contributed by atoms with Crippen molar-refractivity contribution in [2.24, 2.45) is 11.8 Å². The van der Waals surface area contributed by atoms with Crippen LogP contribution in [0.1, 0.15) is 37.7 Å². The number of hydrogen-bond acceptors (Lipinski definition) is 1. The molecule has 2 heterocycles. The van der Waals surface area contributed by atoms with Crippen molar-refractivity contribution >= 4 is 44.8 Å². The van der Waals surface area contributed by atoms with Crippen LogP contribution in [0.15, 0.2) is 150 Å². The van der Waals surface area contributed by atoms with Crippen LogP contribution in [0.2, 0.25) is 0 Å². The molecule has 3 atom stereocenters. The van der Waals surface area contributed by atoms with Crippen molar-refractivity contribution in [1.82, 2.24) is 9.47 Å². The molecule has 10 rings (SSSR count). The van der Waals surface area contributed by atoms with E-state index in [0.29, 0.717) is 17.9 Å². The SMILES string of the molecule is C1=CCCC(n2c3ccccc3c3cc(C4=CCC5C(=C4)C4=C(CCC=C4)N5C4=c5ccccc5=CC5C=CC=CC45)ccc32)=C1. The van der Waals surface area contributed by atoms with E-state index in [2.05, 4.69) is 149 Å². The molecule has 0 radical (unpaired) electrons. The van der Waals surface area contributed by atoms with Crippen LogP contribution in [0.3, 0.4) is 0 Å². The summed E-state index contributed by atoms with van der Waals surface area (Å²) in [5.41, 5.74) is 12.6. The number of fused-ring (bicyclic) bond motifs is 7. The second-order valence-electron chi connectivity index (χ2n) is 13.4. The molecule has 0 amide bonds. The summed E-state index contributed by atoms with van der Waals surface area (Å²) in [5, 5.41) is 5.43. The van der Waals surface area contributed by atoms with Gasteiger partial charge in [-0.15, -0.1) is 0 Å². The van der Waals surface area contributed by atoms with Gasteiger partial charge in [-0.25, -0.2) is 0 Å². The topological polar surface area (TPSA) is 8.17 Å². The normalized spacial score (nSPS) is 24.3. The average Bonchev–Trinajstić information content (AvgIpc) is 3.63. The van der Waals surface area contributed by atoms with E-state index in [-0.39, 0.29) is 0 Å². The third-order valence-electron chi connectivity index (χ3n) is 10.9. The second-order valence-corrected chi connectivity index (χ2v) is 13.4. The Bertz CT molecular complexity index is 2360. The maximum atomic E-state index is 2.77. The minimum absolute atomic E-state index is 0.328. The summed E-state index contributed by atoms with van der Waals surface area (Å²) in [6, 6.07) is 25.4. The van der Waals surface area contributed by atoms with Crippen molar-refractivity contribution in [2.45, 2.75) is 38.1 Å². The highest BCUT2D eigenvalue weighted by atomic mass is 15.2. The quantitative estimate of drug-likeness (QED) is 0.231. The van der Waals surface area contributed by atoms with Gasteiger partial charge in [-0.2, -0.15) is 0 Å². The first-order valence-electron chi connectivity index (χ1n) is 17.0. The van der Waals surface area contributed by atoms with Crippen LogP contribution in [0.25, 0.3) is 44.8 Å². The minimum atomic E-state index is 0.328. The summed E-state index contributed by atoms with van der Waals surface area (Å²) in [6.45, 7) is 0. The summed E-state index contributed by atoms with van der Waals surface area (Å²) >= 11 is 0. The highest BCUT2D eigenvalue weighted by Gasteiger charge is 2.41. The van der Waals surface area contributed by atoms with E-state index in [9.17, 15) is 0 Å². The van der Waals surface area contributed by atoms with Gasteiger partial charge in [0.15, 0.2) is 0 Å². The second kappa shape index (κ2) is 10.2. The molecule has 4 aromatic rings. The molecule has 0 N–H and O–H groups in total. The van der Waals surface area contributed by atoms with Gasteiger partial charge in [0.25, 0.3) is 0 Å². The van der Waals surface area contributed by atoms with Crippen LogP contribution in [0.5, 0.6) is 0 Å². The number of hydrogen-bond donors (Lipinski definition) is 0. The first kappa shape index (κ1) is 26.2. The standard InChI is InChI=1S/C44H36N2/c1-2-14-33(15-3-1)45-40-20-10-8-18-36(40)38-27-29(22-24-42(38)45)30-23-25-43-39(28-30)37-19-9-11-21-41(37)46(43)44-34-16-6-4-12-31(34)26-32-13-5-7-17-35(32)44/h1-2,4-10,12-14,16-20,22-24,26-28,31,34,43H,3,11,15,21,25H2. The van der Waals surface area contributed by atoms with E-state index in [1.165, 1.54) is 71.6 Å². The van der Waals surface area contributed by atoms with E-state index in [0.717, 1.165) is 32.1 Å². The molecular formula is C44H36N2. The molecule has 3 unspecified atom stereocenters. The van der Waals surface area contributed by atoms with Crippen LogP contribution >= 0.6 is 0 Å². The molecule has 1 aromatic heterocycles. The van der Waals surface area contributed by atoms with Crippen LogP contribution in [0.4, 0.5) is 0 Å². The van der Waals surface area contributed by atoms with Gasteiger partial charge in [0.1, 0.15) is 0 Å². The highest BCUT2D eigenvalue weighted by Crippen LogP contribution is 2.49. The van der Waals surface area contributed by atoms with Crippen molar-refractivity contribution in [1.29, 1.82) is 0 Å². The number of allylic oxidation sites excluding steroid dienone is 12. The zero-order valence-corrected chi connectivity index (χ0v) is 25.9. The number of para-hydroxylation sites is 1. The summed E-state index contributed by atoms with van der Waals surface area (Å²) < 4.78 is 2.49. The molecule has 0 fully saturated rings. The Kier molecular flexibility index (Phi) is 5.81. The van der Waals surface area contributed by atoms with Crippen LogP contribution < -0.4 is 10.4 Å². The fourth-order valence-corrected chi connectivity index (χ4v) is 8.91. The largest absolute Gasteiger partial charge is 0.339 e. The first-order chi connectivity index (χ1) is 22.8. The Labute approximate surface area is 270 Å². The predicted molar refractivity (Wildman–Crippen MR) is 193 cm³/mol. The zero-order chi connectivity index (χ0) is 30.2. The van der Waals surface area contributed by atoms with E-state index in [4.69, 9.17) is 0 Å². The molecule has 0 saturated carbocycles. The smallest absolute Gasteiger partial charge is 0.0627 e. The van der Waals surface area contributed by atoms with Gasteiger partial charge < -0.3 is 9.47 Å². The van der Waals surface area contributed by atoms with Gasteiger partial charge >= 0.3 is 0 Å². The van der Waals surface area contributed by atoms with E-state index < -0.39 is 0 Å². The van der Waals surface area contributed by atoms with Crippen molar-refractivity contribution in [3.05, 3.63) is 166 Å². The number of aromatic nitrogens is 1. The lowest BCUT2D eigenvalue weighted by atomic mass is 9.79. The molecular weight excluding hydrogens is 556 g/mol. The van der Waals surface area contributed by atoms with Crippen molar-refractivity contribution in [2.75, 3.05) is 0 Å². The van der Waals surface area contributed by atoms with Crippen LogP contribution in [-0.4, -0.2) is 15.5 Å². The molecule has 46 heavy (non-hydrogen) atoms. The molecule has 0 spiro atoms. The zero-order valence-electron chi connectivity index (χ0n) is 25.9. The predicted octanol–water partition coefficient (Wildman–Crippen LogP) is 8.95. The molecule has 5 aliphatic carbocycles. The summed E-state index contributed by atoms with van der Waals surface area (Å²) in [6.07, 6.45) is 33.7. The highest BCUT2D eigenvalue weighted by molar-refractivity contribution is 6.11. The van der Waals surface area contributed by atoms with Crippen molar-refractivity contribution in [3.63, 3.8) is 0 Å². The lowest BCUT2D eigenvalue weighted by molar-refractivity contribution is 0.378. The Morgan fingerprint density at radius 3 is 2.59 bits per heavy atom. The van der Waals surface area contributed by atoms with Crippen molar-refractivity contribution in [3.8, 4) is 0 Å². The molecule has 0 saturated heterocycles. The molecule has 0 bridgehead atoms. The van der Waals surface area contributed by atoms with E-state index in [1.807, 2.05) is 0 Å². The van der Waals surface area contributed by atoms with Gasteiger partial charge in [-0.1, -0.05) is 109 Å². The Morgan fingerprint density at radius 2 is 1.63 bits per heavy atom. The van der Waals surface area contributed by atoms with E-state index >= 15 is 0 Å². The Balaban J connectivity index is 1.10. The monoisotopic (exact) mass is 592 g/mol. The van der Waals surface area contributed by atoms with Crippen LogP contribution in [0, 0.1) is 11.8 Å². The first-order valence-corrected chi connectivity index (χ1v) is 17.0. The lowest BCUT2D eigenvalue weighted by Gasteiger charge is -2.40. The molecule has 6 aliphatic rings. The Morgan fingerprint density at radius 1 is 0.761 bits per heavy atom. The molecule has 222 valence electrons. The summed E-state index contributed by atoms with van der Waals surface area (Å²) in [4.78, 5) is 2.77. The third-order valence-corrected chi connectivity index (χ3v) is 10.9. The van der Waals surface area contributed by atoms with Gasteiger partial charge in [-0.05, 0) is 90.0 Å². The molecule has 2 nitrogen and oxygen atoms in total. The molecule has 3 aromatic carbocycles. The maximum Gasteiger partial charge on any atom is 0.0627 e. The van der Waals surface area contributed by atoms with E-state index in [1.54, 1.807) is 0 Å². The van der Waals surface area contributed by atoms with Crippen molar-refractivity contribution < 1.29 is 0 Å². The van der Waals surface area contributed by atoms with Gasteiger partial charge in [-0.3, -0.25) is 0 Å². The molecule has 2 heteroatoms. The molecule has 1 aliphatic heterocycles. The van der Waals surface area contributed by atoms with Crippen LogP contribution in [-0.2, 0) is 0 Å². The van der Waals surface area contributed by atoms with Gasteiger partial charge in [0.2, 0.25) is 0 Å². The lowest BCUT2D eigenvalue weighted by Crippen LogP contribution is -2.44. The maximum absolute atomic E-state index is 2.77. The van der Waals surface area contributed by atoms with Gasteiger partial charge in [0, 0.05) is 44.9 Å². The number of nitrogens with zero attached hydrogens (tertiary/aromatic N) is 2. The summed E-state index contributed by atoms with van der Waals surface area (Å²) in [5.74, 6) is 0.758. The average molecular weight is 593 g/mol.